The standard InChI is InChI=1S/C22H23F4N3O5S/c1-22(2,3)34-21(31)29-7-6-13(11-29)28-35(32,33)18-8-12(4-5-15(18)23)20(30)27-14-9-16(24)19(26)17(25)10-14/h4-5,8-10,13,28H,6-7,11H2,1-3H3,(H,27,30)/t13-/m0/s1. The molecule has 8 nitrogen and oxygen atoms in total. The predicted octanol–water partition coefficient (Wildman–Crippen LogP) is 3.78. The van der Waals surface area contributed by atoms with Crippen LogP contribution in [0, 0.1) is 23.3 Å². The van der Waals surface area contributed by atoms with Crippen molar-refractivity contribution in [3.05, 3.63) is 59.2 Å². The Morgan fingerprint density at radius 1 is 1.03 bits per heavy atom. The highest BCUT2D eigenvalue weighted by Crippen LogP contribution is 2.22. The smallest absolute Gasteiger partial charge is 0.410 e. The number of ether oxygens (including phenoxy) is 1. The molecule has 1 saturated heterocycles. The van der Waals surface area contributed by atoms with E-state index in [0.717, 1.165) is 18.2 Å². The predicted molar refractivity (Wildman–Crippen MR) is 117 cm³/mol. The summed E-state index contributed by atoms with van der Waals surface area (Å²) in [7, 11) is -4.46. The Kier molecular flexibility index (Phi) is 7.41. The van der Waals surface area contributed by atoms with Crippen LogP contribution in [0.4, 0.5) is 28.0 Å². The third-order valence-corrected chi connectivity index (χ3v) is 6.42. The van der Waals surface area contributed by atoms with Gasteiger partial charge < -0.3 is 15.0 Å². The van der Waals surface area contributed by atoms with E-state index in [2.05, 4.69) is 10.0 Å². The van der Waals surface area contributed by atoms with Gasteiger partial charge in [0, 0.05) is 42.5 Å². The van der Waals surface area contributed by atoms with Crippen LogP contribution in [0.25, 0.3) is 0 Å². The Labute approximate surface area is 199 Å². The SMILES string of the molecule is CC(C)(C)OC(=O)N1CC[C@H](NS(=O)(=O)c2cc(C(=O)Nc3cc(F)c(F)c(F)c3)ccc2F)C1. The fraction of sp³-hybridized carbons (Fsp3) is 0.364. The van der Waals surface area contributed by atoms with Gasteiger partial charge in [-0.25, -0.2) is 35.5 Å². The van der Waals surface area contributed by atoms with Gasteiger partial charge in [0.25, 0.3) is 5.91 Å². The Bertz CT molecular complexity index is 1240. The zero-order valence-electron chi connectivity index (χ0n) is 19.0. The van der Waals surface area contributed by atoms with Crippen molar-refractivity contribution in [2.24, 2.45) is 0 Å². The first-order valence-corrected chi connectivity index (χ1v) is 11.9. The summed E-state index contributed by atoms with van der Waals surface area (Å²) in [6.45, 7) is 5.29. The lowest BCUT2D eigenvalue weighted by Crippen LogP contribution is -2.40. The lowest BCUT2D eigenvalue weighted by molar-refractivity contribution is 0.0291. The lowest BCUT2D eigenvalue weighted by Gasteiger charge is -2.24. The molecule has 0 spiro atoms. The van der Waals surface area contributed by atoms with Crippen LogP contribution in [-0.4, -0.2) is 50.1 Å². The molecule has 0 saturated carbocycles. The Hall–Kier alpha value is -3.19. The topological polar surface area (TPSA) is 105 Å². The minimum Gasteiger partial charge on any atom is -0.444 e. The zero-order valence-corrected chi connectivity index (χ0v) is 19.8. The number of halogens is 4. The van der Waals surface area contributed by atoms with E-state index in [1.54, 1.807) is 20.8 Å². The molecule has 1 aliphatic heterocycles. The molecular formula is C22H23F4N3O5S. The molecule has 0 aliphatic carbocycles. The first-order valence-electron chi connectivity index (χ1n) is 10.4. The van der Waals surface area contributed by atoms with Crippen molar-refractivity contribution in [3.63, 3.8) is 0 Å². The largest absolute Gasteiger partial charge is 0.444 e. The van der Waals surface area contributed by atoms with E-state index in [1.165, 1.54) is 4.90 Å². The molecule has 2 aromatic rings. The quantitative estimate of drug-likeness (QED) is 0.464. The van der Waals surface area contributed by atoms with Crippen LogP contribution in [0.1, 0.15) is 37.6 Å². The maximum atomic E-state index is 14.4. The van der Waals surface area contributed by atoms with E-state index in [4.69, 9.17) is 4.74 Å². The van der Waals surface area contributed by atoms with Crippen molar-refractivity contribution in [2.45, 2.75) is 43.7 Å². The summed E-state index contributed by atoms with van der Waals surface area (Å²) in [6.07, 6.45) is -0.361. The van der Waals surface area contributed by atoms with E-state index >= 15 is 0 Å². The molecule has 0 bridgehead atoms. The molecule has 0 aromatic heterocycles. The van der Waals surface area contributed by atoms with Gasteiger partial charge in [-0.15, -0.1) is 0 Å². The summed E-state index contributed by atoms with van der Waals surface area (Å²) in [5.74, 6) is -6.95. The van der Waals surface area contributed by atoms with Crippen LogP contribution in [0.2, 0.25) is 0 Å². The van der Waals surface area contributed by atoms with Gasteiger partial charge >= 0.3 is 6.09 Å². The zero-order chi connectivity index (χ0) is 26.1. The first-order chi connectivity index (χ1) is 16.2. The number of sulfonamides is 1. The molecule has 2 N–H and O–H groups in total. The van der Waals surface area contributed by atoms with Gasteiger partial charge in [-0.3, -0.25) is 4.79 Å². The number of hydrogen-bond donors (Lipinski definition) is 2. The average Bonchev–Trinajstić information content (AvgIpc) is 3.18. The van der Waals surface area contributed by atoms with E-state index in [0.29, 0.717) is 12.1 Å². The molecule has 2 amide bonds. The van der Waals surface area contributed by atoms with Gasteiger partial charge in [-0.1, -0.05) is 0 Å². The number of anilines is 1. The minimum absolute atomic E-state index is 0.00235. The highest BCUT2D eigenvalue weighted by Gasteiger charge is 2.33. The third kappa shape index (κ3) is 6.48. The number of benzene rings is 2. The van der Waals surface area contributed by atoms with Crippen LogP contribution < -0.4 is 10.0 Å². The number of nitrogens with one attached hydrogen (secondary N) is 2. The van der Waals surface area contributed by atoms with Crippen molar-refractivity contribution < 1.29 is 40.3 Å². The van der Waals surface area contributed by atoms with Gasteiger partial charge in [0.2, 0.25) is 10.0 Å². The van der Waals surface area contributed by atoms with Crippen molar-refractivity contribution in [1.29, 1.82) is 0 Å². The summed E-state index contributed by atoms with van der Waals surface area (Å²) in [6, 6.07) is 2.82. The second kappa shape index (κ2) is 9.82. The number of hydrogen-bond acceptors (Lipinski definition) is 5. The number of likely N-dealkylation sites (tertiary alicyclic amines) is 1. The molecule has 0 unspecified atom stereocenters. The molecular weight excluding hydrogens is 494 g/mol. The Morgan fingerprint density at radius 3 is 2.26 bits per heavy atom. The highest BCUT2D eigenvalue weighted by atomic mass is 32.2. The number of carbonyl (C=O) groups excluding carboxylic acids is 2. The molecule has 1 fully saturated rings. The highest BCUT2D eigenvalue weighted by molar-refractivity contribution is 7.89. The third-order valence-electron chi connectivity index (χ3n) is 4.89. The summed E-state index contributed by atoms with van der Waals surface area (Å²) in [5.41, 5.74) is -1.49. The Morgan fingerprint density at radius 2 is 1.66 bits per heavy atom. The molecule has 3 rings (SSSR count). The van der Waals surface area contributed by atoms with Crippen molar-refractivity contribution >= 4 is 27.7 Å². The van der Waals surface area contributed by atoms with Crippen LogP contribution in [0.3, 0.4) is 0 Å². The second-order valence-electron chi connectivity index (χ2n) is 8.89. The summed E-state index contributed by atoms with van der Waals surface area (Å²) < 4.78 is 87.5. The number of rotatable bonds is 5. The maximum Gasteiger partial charge on any atom is 0.410 e. The van der Waals surface area contributed by atoms with Crippen molar-refractivity contribution in [1.82, 2.24) is 9.62 Å². The molecule has 13 heteroatoms. The normalized spacial score (nSPS) is 16.3. The monoisotopic (exact) mass is 517 g/mol. The van der Waals surface area contributed by atoms with E-state index in [9.17, 15) is 35.6 Å². The van der Waals surface area contributed by atoms with Gasteiger partial charge in [0.15, 0.2) is 17.5 Å². The molecule has 2 aromatic carbocycles. The lowest BCUT2D eigenvalue weighted by atomic mass is 10.2. The minimum atomic E-state index is -4.46. The summed E-state index contributed by atoms with van der Waals surface area (Å²) in [4.78, 5) is 25.1. The van der Waals surface area contributed by atoms with E-state index in [1.807, 2.05) is 0 Å². The molecule has 1 atom stereocenters. The van der Waals surface area contributed by atoms with E-state index < -0.39 is 67.5 Å². The molecule has 0 radical (unpaired) electrons. The average molecular weight is 518 g/mol. The van der Waals surface area contributed by atoms with Crippen LogP contribution in [0.15, 0.2) is 35.2 Å². The van der Waals surface area contributed by atoms with Crippen molar-refractivity contribution in [3.8, 4) is 0 Å². The Balaban J connectivity index is 1.74. The molecule has 190 valence electrons. The molecule has 35 heavy (non-hydrogen) atoms. The fourth-order valence-electron chi connectivity index (χ4n) is 3.31. The van der Waals surface area contributed by atoms with Crippen LogP contribution >= 0.6 is 0 Å². The number of amides is 2. The summed E-state index contributed by atoms with van der Waals surface area (Å²) >= 11 is 0. The van der Waals surface area contributed by atoms with Gasteiger partial charge in [-0.2, -0.15) is 0 Å². The van der Waals surface area contributed by atoms with Gasteiger partial charge in [0.05, 0.1) is 0 Å². The summed E-state index contributed by atoms with van der Waals surface area (Å²) in [5, 5.41) is 2.09. The van der Waals surface area contributed by atoms with Gasteiger partial charge in [0.1, 0.15) is 16.3 Å². The van der Waals surface area contributed by atoms with E-state index in [-0.39, 0.29) is 25.1 Å². The van der Waals surface area contributed by atoms with Crippen molar-refractivity contribution in [2.75, 3.05) is 18.4 Å². The van der Waals surface area contributed by atoms with Crippen LogP contribution in [-0.2, 0) is 14.8 Å². The molecule has 1 heterocycles. The van der Waals surface area contributed by atoms with Gasteiger partial charge in [-0.05, 0) is 45.4 Å². The second-order valence-corrected chi connectivity index (χ2v) is 10.6. The number of nitrogens with zero attached hydrogens (tertiary/aromatic N) is 1. The van der Waals surface area contributed by atoms with Crippen LogP contribution in [0.5, 0.6) is 0 Å². The fourth-order valence-corrected chi connectivity index (χ4v) is 4.68. The first kappa shape index (κ1) is 26.4. The molecule has 1 aliphatic rings. The maximum absolute atomic E-state index is 14.4. The number of carbonyl (C=O) groups is 2.